The number of anilines is 1. The van der Waals surface area contributed by atoms with Crippen LogP contribution in [0.5, 0.6) is 5.75 Å². The molecule has 0 bridgehead atoms. The summed E-state index contributed by atoms with van der Waals surface area (Å²) >= 11 is 4.62. The van der Waals surface area contributed by atoms with Gasteiger partial charge in [0.25, 0.3) is 5.91 Å². The van der Waals surface area contributed by atoms with Gasteiger partial charge in [-0.25, -0.2) is 4.79 Å². The molecule has 0 aliphatic heterocycles. The van der Waals surface area contributed by atoms with Gasteiger partial charge in [-0.3, -0.25) is 10.1 Å². The molecule has 0 unspecified atom stereocenters. The predicted octanol–water partition coefficient (Wildman–Crippen LogP) is 5.02. The van der Waals surface area contributed by atoms with Crippen LogP contribution in [-0.2, 0) is 4.74 Å². The van der Waals surface area contributed by atoms with Gasteiger partial charge < -0.3 is 15.2 Å². The van der Waals surface area contributed by atoms with Gasteiger partial charge in [0, 0.05) is 15.8 Å². The van der Waals surface area contributed by atoms with Gasteiger partial charge in [0.1, 0.15) is 16.4 Å². The number of primary amides is 1. The van der Waals surface area contributed by atoms with Crippen molar-refractivity contribution in [2.24, 2.45) is 5.73 Å². The van der Waals surface area contributed by atoms with Crippen LogP contribution in [0, 0.1) is 0 Å². The number of halogens is 1. The van der Waals surface area contributed by atoms with Crippen molar-refractivity contribution in [3.8, 4) is 16.2 Å². The normalized spacial score (nSPS) is 11.1. The summed E-state index contributed by atoms with van der Waals surface area (Å²) in [5, 5.41) is 3.82. The van der Waals surface area contributed by atoms with Crippen molar-refractivity contribution < 1.29 is 19.1 Å². The van der Waals surface area contributed by atoms with Gasteiger partial charge >= 0.3 is 6.09 Å². The van der Waals surface area contributed by atoms with E-state index >= 15 is 0 Å². The molecule has 0 aliphatic carbocycles. The molecule has 146 valence electrons. The number of benzene rings is 1. The number of thiophene rings is 1. The molecule has 1 aromatic heterocycles. The van der Waals surface area contributed by atoms with E-state index in [0.717, 1.165) is 22.2 Å². The van der Waals surface area contributed by atoms with Crippen LogP contribution in [0.3, 0.4) is 0 Å². The molecular formula is C19H23BrN2O4S. The van der Waals surface area contributed by atoms with E-state index in [1.807, 2.05) is 24.3 Å². The van der Waals surface area contributed by atoms with Crippen LogP contribution in [0.25, 0.3) is 10.4 Å². The molecule has 1 heterocycles. The van der Waals surface area contributed by atoms with E-state index in [1.54, 1.807) is 26.8 Å². The van der Waals surface area contributed by atoms with E-state index in [2.05, 4.69) is 21.2 Å². The highest BCUT2D eigenvalue weighted by Gasteiger charge is 2.21. The lowest BCUT2D eigenvalue weighted by molar-refractivity contribution is 0.0636. The highest BCUT2D eigenvalue weighted by atomic mass is 79.9. The van der Waals surface area contributed by atoms with Gasteiger partial charge in [0.2, 0.25) is 0 Å². The Morgan fingerprint density at radius 1 is 1.26 bits per heavy atom. The van der Waals surface area contributed by atoms with Crippen molar-refractivity contribution in [2.75, 3.05) is 17.3 Å². The number of para-hydroxylation sites is 1. The molecule has 2 rings (SSSR count). The van der Waals surface area contributed by atoms with E-state index in [-0.39, 0.29) is 5.56 Å². The first kappa shape index (κ1) is 21.2. The summed E-state index contributed by atoms with van der Waals surface area (Å²) < 4.78 is 11.1. The van der Waals surface area contributed by atoms with Crippen molar-refractivity contribution in [3.63, 3.8) is 0 Å². The Balaban J connectivity index is 2.32. The Bertz CT molecular complexity index is 814. The number of rotatable bonds is 7. The molecule has 27 heavy (non-hydrogen) atoms. The molecule has 0 spiro atoms. The Morgan fingerprint density at radius 2 is 1.96 bits per heavy atom. The molecule has 0 atom stereocenters. The first-order chi connectivity index (χ1) is 12.7. The number of carbonyl (C=O) groups excluding carboxylic acids is 2. The maximum atomic E-state index is 12.1. The second kappa shape index (κ2) is 9.23. The van der Waals surface area contributed by atoms with Crippen molar-refractivity contribution in [2.45, 2.75) is 32.8 Å². The van der Waals surface area contributed by atoms with E-state index in [0.29, 0.717) is 17.4 Å². The topological polar surface area (TPSA) is 90.7 Å². The Hall–Kier alpha value is -2.06. The fourth-order valence-electron chi connectivity index (χ4n) is 2.23. The molecule has 0 saturated carbocycles. The highest BCUT2D eigenvalue weighted by Crippen LogP contribution is 2.39. The Morgan fingerprint density at radius 3 is 2.59 bits per heavy atom. The van der Waals surface area contributed by atoms with Crippen molar-refractivity contribution in [3.05, 3.63) is 35.9 Å². The number of alkyl halides is 1. The second-order valence-corrected chi connectivity index (χ2v) is 8.58. The summed E-state index contributed by atoms with van der Waals surface area (Å²) in [4.78, 5) is 24.7. The summed E-state index contributed by atoms with van der Waals surface area (Å²) in [6.07, 6.45) is 0.233. The molecule has 1 aromatic carbocycles. The van der Waals surface area contributed by atoms with Crippen LogP contribution in [0.4, 0.5) is 9.80 Å². The number of ether oxygens (including phenoxy) is 2. The maximum Gasteiger partial charge on any atom is 0.412 e. The van der Waals surface area contributed by atoms with Gasteiger partial charge in [-0.2, -0.15) is 0 Å². The van der Waals surface area contributed by atoms with Gasteiger partial charge in [-0.15, -0.1) is 11.3 Å². The molecule has 0 saturated heterocycles. The fourth-order valence-corrected chi connectivity index (χ4v) is 3.54. The van der Waals surface area contributed by atoms with Crippen LogP contribution in [-0.4, -0.2) is 29.5 Å². The highest BCUT2D eigenvalue weighted by molar-refractivity contribution is 9.09. The summed E-state index contributed by atoms with van der Waals surface area (Å²) in [6, 6.07) is 9.20. The molecule has 6 nitrogen and oxygen atoms in total. The lowest BCUT2D eigenvalue weighted by atomic mass is 10.1. The molecule has 0 radical (unpaired) electrons. The average Bonchev–Trinajstić information content (AvgIpc) is 2.97. The zero-order valence-electron chi connectivity index (χ0n) is 15.5. The molecule has 2 aromatic rings. The van der Waals surface area contributed by atoms with E-state index in [1.165, 1.54) is 11.3 Å². The first-order valence-electron chi connectivity index (χ1n) is 8.43. The fraction of sp³-hybridized carbons (Fsp3) is 0.368. The summed E-state index contributed by atoms with van der Waals surface area (Å²) in [5.41, 5.74) is 5.90. The largest absolute Gasteiger partial charge is 0.493 e. The number of nitrogens with two attached hydrogens (primary N) is 1. The van der Waals surface area contributed by atoms with E-state index in [9.17, 15) is 9.59 Å². The first-order valence-corrected chi connectivity index (χ1v) is 10.4. The standard InChI is InChI=1S/C19H23BrN2O4S/c1-19(2,3)26-18(24)22-17-13(16(21)23)11-15(27-17)12-7-4-5-8-14(12)25-10-6-9-20/h4-5,7-8,11H,6,9-10H2,1-3H3,(H2,21,23)(H,22,24). The SMILES string of the molecule is CC(C)(C)OC(=O)Nc1sc(-c2ccccc2OCCCBr)cc1C(N)=O. The number of nitrogens with one attached hydrogen (secondary N) is 1. The maximum absolute atomic E-state index is 12.1. The molecule has 3 N–H and O–H groups in total. The van der Waals surface area contributed by atoms with Gasteiger partial charge in [0.15, 0.2) is 0 Å². The molecular weight excluding hydrogens is 432 g/mol. The number of hydrogen-bond acceptors (Lipinski definition) is 5. The smallest absolute Gasteiger partial charge is 0.412 e. The summed E-state index contributed by atoms with van der Waals surface area (Å²) in [5.74, 6) is 0.0841. The zero-order chi connectivity index (χ0) is 20.0. The zero-order valence-corrected chi connectivity index (χ0v) is 17.9. The minimum absolute atomic E-state index is 0.233. The van der Waals surface area contributed by atoms with Crippen LogP contribution < -0.4 is 15.8 Å². The third-order valence-electron chi connectivity index (χ3n) is 3.30. The van der Waals surface area contributed by atoms with Crippen LogP contribution in [0.2, 0.25) is 0 Å². The minimum Gasteiger partial charge on any atom is -0.493 e. The molecule has 8 heteroatoms. The van der Waals surface area contributed by atoms with Gasteiger partial charge in [-0.1, -0.05) is 28.1 Å². The second-order valence-electron chi connectivity index (χ2n) is 6.73. The third kappa shape index (κ3) is 6.25. The Labute approximate surface area is 171 Å². The lowest BCUT2D eigenvalue weighted by Gasteiger charge is -2.19. The van der Waals surface area contributed by atoms with Gasteiger partial charge in [0.05, 0.1) is 12.2 Å². The van der Waals surface area contributed by atoms with Crippen LogP contribution >= 0.6 is 27.3 Å². The Kier molecular flexibility index (Phi) is 7.26. The molecule has 0 fully saturated rings. The van der Waals surface area contributed by atoms with Crippen LogP contribution in [0.15, 0.2) is 30.3 Å². The quantitative estimate of drug-likeness (QED) is 0.453. The number of amides is 2. The minimum atomic E-state index is -0.646. The molecule has 0 aliphatic rings. The number of carbonyl (C=O) groups is 2. The average molecular weight is 455 g/mol. The monoisotopic (exact) mass is 454 g/mol. The lowest BCUT2D eigenvalue weighted by Crippen LogP contribution is -2.27. The van der Waals surface area contributed by atoms with Crippen molar-refractivity contribution in [1.29, 1.82) is 0 Å². The van der Waals surface area contributed by atoms with Crippen molar-refractivity contribution >= 4 is 44.3 Å². The van der Waals surface area contributed by atoms with Crippen LogP contribution in [0.1, 0.15) is 37.6 Å². The number of hydrogen-bond donors (Lipinski definition) is 2. The van der Waals surface area contributed by atoms with Gasteiger partial charge in [-0.05, 0) is 45.4 Å². The third-order valence-corrected chi connectivity index (χ3v) is 4.94. The van der Waals surface area contributed by atoms with Crippen molar-refractivity contribution in [1.82, 2.24) is 0 Å². The van der Waals surface area contributed by atoms with E-state index in [4.69, 9.17) is 15.2 Å². The molecule has 2 amide bonds. The summed E-state index contributed by atoms with van der Waals surface area (Å²) in [6.45, 7) is 5.87. The predicted molar refractivity (Wildman–Crippen MR) is 112 cm³/mol. The summed E-state index contributed by atoms with van der Waals surface area (Å²) in [7, 11) is 0. The van der Waals surface area contributed by atoms with E-state index < -0.39 is 17.6 Å².